The smallest absolute Gasteiger partial charge is 0.231 e. The van der Waals surface area contributed by atoms with Crippen LogP contribution in [0.3, 0.4) is 0 Å². The van der Waals surface area contributed by atoms with Gasteiger partial charge in [0.1, 0.15) is 0 Å². The van der Waals surface area contributed by atoms with Crippen molar-refractivity contribution in [2.45, 2.75) is 19.3 Å². The average Bonchev–Trinajstić information content (AvgIpc) is 3.15. The van der Waals surface area contributed by atoms with Gasteiger partial charge in [-0.15, -0.1) is 0 Å². The van der Waals surface area contributed by atoms with Gasteiger partial charge in [0.15, 0.2) is 0 Å². The molecule has 1 amide bonds. The van der Waals surface area contributed by atoms with Gasteiger partial charge in [-0.3, -0.25) is 4.79 Å². The summed E-state index contributed by atoms with van der Waals surface area (Å²) in [5, 5.41) is 3.30. The topological polar surface area (TPSA) is 32.3 Å². The molecule has 4 rings (SSSR count). The molecular formula is C20H22N2O. The van der Waals surface area contributed by atoms with Gasteiger partial charge in [0.2, 0.25) is 5.91 Å². The Hall–Kier alpha value is -2.13. The second-order valence-corrected chi connectivity index (χ2v) is 6.49. The number of hydrogen-bond acceptors (Lipinski definition) is 2. The van der Waals surface area contributed by atoms with E-state index in [2.05, 4.69) is 47.8 Å². The van der Waals surface area contributed by atoms with E-state index < -0.39 is 0 Å². The van der Waals surface area contributed by atoms with Crippen LogP contribution in [-0.4, -0.2) is 25.5 Å². The predicted octanol–water partition coefficient (Wildman–Crippen LogP) is 3.24. The van der Waals surface area contributed by atoms with Gasteiger partial charge in [-0.05, 0) is 54.6 Å². The maximum Gasteiger partial charge on any atom is 0.231 e. The third-order valence-electron chi connectivity index (χ3n) is 4.98. The molecule has 2 aliphatic heterocycles. The summed E-state index contributed by atoms with van der Waals surface area (Å²) in [5.74, 6) is 0.443. The third-order valence-corrected chi connectivity index (χ3v) is 4.98. The number of fused-ring (bicyclic) bond motifs is 1. The molecule has 3 heteroatoms. The van der Waals surface area contributed by atoms with Gasteiger partial charge >= 0.3 is 0 Å². The molecule has 1 fully saturated rings. The standard InChI is InChI=1S/C20H22N2O/c23-20(18-10-11-21-14-18)22-12-4-7-17-13-16(8-9-19(17)22)15-5-2-1-3-6-15/h1-3,5-6,8-9,13,18,21H,4,7,10-12,14H2/t18-/m0/s1. The minimum Gasteiger partial charge on any atom is -0.316 e. The SMILES string of the molecule is O=C([C@H]1CCNC1)N1CCCc2cc(-c3ccccc3)ccc21. The fraction of sp³-hybridized carbons (Fsp3) is 0.350. The molecule has 0 unspecified atom stereocenters. The Kier molecular flexibility index (Phi) is 3.88. The molecule has 3 nitrogen and oxygen atoms in total. The minimum atomic E-state index is 0.148. The molecular weight excluding hydrogens is 284 g/mol. The van der Waals surface area contributed by atoms with E-state index in [9.17, 15) is 4.79 Å². The van der Waals surface area contributed by atoms with Crippen molar-refractivity contribution in [3.63, 3.8) is 0 Å². The number of aryl methyl sites for hydroxylation is 1. The van der Waals surface area contributed by atoms with Gasteiger partial charge in [0.05, 0.1) is 5.92 Å². The lowest BCUT2D eigenvalue weighted by molar-refractivity contribution is -0.121. The lowest BCUT2D eigenvalue weighted by atomic mass is 9.95. The van der Waals surface area contributed by atoms with Crippen molar-refractivity contribution in [1.82, 2.24) is 5.32 Å². The quantitative estimate of drug-likeness (QED) is 0.924. The van der Waals surface area contributed by atoms with Gasteiger partial charge in [0.25, 0.3) is 0 Å². The molecule has 0 radical (unpaired) electrons. The maximum atomic E-state index is 12.8. The summed E-state index contributed by atoms with van der Waals surface area (Å²) in [6.07, 6.45) is 3.08. The zero-order valence-corrected chi connectivity index (χ0v) is 13.3. The van der Waals surface area contributed by atoms with Crippen molar-refractivity contribution in [3.05, 3.63) is 54.1 Å². The van der Waals surface area contributed by atoms with Crippen molar-refractivity contribution >= 4 is 11.6 Å². The molecule has 0 aliphatic carbocycles. The van der Waals surface area contributed by atoms with E-state index >= 15 is 0 Å². The van der Waals surface area contributed by atoms with E-state index in [1.54, 1.807) is 0 Å². The fourth-order valence-corrected chi connectivity index (χ4v) is 3.72. The number of amides is 1. The first kappa shape index (κ1) is 14.5. The van der Waals surface area contributed by atoms with Crippen molar-refractivity contribution in [1.29, 1.82) is 0 Å². The average molecular weight is 306 g/mol. The second-order valence-electron chi connectivity index (χ2n) is 6.49. The molecule has 1 saturated heterocycles. The Labute approximate surface area is 137 Å². The van der Waals surface area contributed by atoms with Gasteiger partial charge in [-0.2, -0.15) is 0 Å². The maximum absolute atomic E-state index is 12.8. The monoisotopic (exact) mass is 306 g/mol. The number of carbonyl (C=O) groups excluding carboxylic acids is 1. The van der Waals surface area contributed by atoms with E-state index in [0.717, 1.165) is 44.6 Å². The summed E-state index contributed by atoms with van der Waals surface area (Å²) in [6.45, 7) is 2.64. The van der Waals surface area contributed by atoms with Gasteiger partial charge in [-0.1, -0.05) is 36.4 Å². The first-order chi connectivity index (χ1) is 11.3. The van der Waals surface area contributed by atoms with Crippen molar-refractivity contribution in [2.75, 3.05) is 24.5 Å². The summed E-state index contributed by atoms with van der Waals surface area (Å²) in [7, 11) is 0. The molecule has 0 spiro atoms. The van der Waals surface area contributed by atoms with E-state index in [0.29, 0.717) is 5.91 Å². The molecule has 118 valence electrons. The lowest BCUT2D eigenvalue weighted by Gasteiger charge is -2.31. The highest BCUT2D eigenvalue weighted by molar-refractivity contribution is 5.96. The Morgan fingerprint density at radius 2 is 1.96 bits per heavy atom. The Bertz CT molecular complexity index is 705. The van der Waals surface area contributed by atoms with Crippen molar-refractivity contribution in [3.8, 4) is 11.1 Å². The van der Waals surface area contributed by atoms with E-state index in [-0.39, 0.29) is 5.92 Å². The summed E-state index contributed by atoms with van der Waals surface area (Å²) >= 11 is 0. The zero-order chi connectivity index (χ0) is 15.6. The number of anilines is 1. The molecule has 1 atom stereocenters. The van der Waals surface area contributed by atoms with Crippen LogP contribution in [0, 0.1) is 5.92 Å². The first-order valence-electron chi connectivity index (χ1n) is 8.53. The summed E-state index contributed by atoms with van der Waals surface area (Å²) in [4.78, 5) is 14.8. The van der Waals surface area contributed by atoms with Crippen molar-refractivity contribution in [2.24, 2.45) is 5.92 Å². The van der Waals surface area contributed by atoms with Crippen molar-refractivity contribution < 1.29 is 4.79 Å². The van der Waals surface area contributed by atoms with Crippen LogP contribution < -0.4 is 10.2 Å². The van der Waals surface area contributed by atoms with E-state index in [1.807, 2.05) is 11.0 Å². The van der Waals surface area contributed by atoms with Crippen LogP contribution in [0.5, 0.6) is 0 Å². The number of nitrogens with one attached hydrogen (secondary N) is 1. The van der Waals surface area contributed by atoms with E-state index in [1.165, 1.54) is 16.7 Å². The third kappa shape index (κ3) is 2.77. The lowest BCUT2D eigenvalue weighted by Crippen LogP contribution is -2.40. The van der Waals surface area contributed by atoms with Crippen LogP contribution in [-0.2, 0) is 11.2 Å². The van der Waals surface area contributed by atoms with Crippen LogP contribution in [0.2, 0.25) is 0 Å². The Morgan fingerprint density at radius 3 is 2.74 bits per heavy atom. The summed E-state index contributed by atoms with van der Waals surface area (Å²) in [5.41, 5.74) is 4.89. The predicted molar refractivity (Wildman–Crippen MR) is 93.5 cm³/mol. The van der Waals surface area contributed by atoms with Crippen LogP contribution in [0.4, 0.5) is 5.69 Å². The molecule has 2 aromatic rings. The highest BCUT2D eigenvalue weighted by Gasteiger charge is 2.30. The van der Waals surface area contributed by atoms with Gasteiger partial charge in [-0.25, -0.2) is 0 Å². The molecule has 2 aromatic carbocycles. The molecule has 1 N–H and O–H groups in total. The largest absolute Gasteiger partial charge is 0.316 e. The number of benzene rings is 2. The van der Waals surface area contributed by atoms with Gasteiger partial charge in [0, 0.05) is 18.8 Å². The number of carbonyl (C=O) groups is 1. The normalized spacial score (nSPS) is 20.3. The van der Waals surface area contributed by atoms with E-state index in [4.69, 9.17) is 0 Å². The molecule has 0 bridgehead atoms. The van der Waals surface area contributed by atoms with Crippen LogP contribution >= 0.6 is 0 Å². The number of rotatable bonds is 2. The zero-order valence-electron chi connectivity index (χ0n) is 13.3. The molecule has 0 saturated carbocycles. The fourth-order valence-electron chi connectivity index (χ4n) is 3.72. The molecule has 2 aliphatic rings. The molecule has 0 aromatic heterocycles. The second kappa shape index (κ2) is 6.17. The number of hydrogen-bond donors (Lipinski definition) is 1. The Morgan fingerprint density at radius 1 is 1.09 bits per heavy atom. The number of nitrogens with zero attached hydrogens (tertiary/aromatic N) is 1. The van der Waals surface area contributed by atoms with Gasteiger partial charge < -0.3 is 10.2 Å². The Balaban J connectivity index is 1.65. The highest BCUT2D eigenvalue weighted by atomic mass is 16.2. The molecule has 23 heavy (non-hydrogen) atoms. The summed E-state index contributed by atoms with van der Waals surface area (Å²) in [6, 6.07) is 17.0. The highest BCUT2D eigenvalue weighted by Crippen LogP contribution is 2.33. The first-order valence-corrected chi connectivity index (χ1v) is 8.53. The van der Waals surface area contributed by atoms with Crippen LogP contribution in [0.1, 0.15) is 18.4 Å². The van der Waals surface area contributed by atoms with Crippen LogP contribution in [0.25, 0.3) is 11.1 Å². The molecule has 2 heterocycles. The van der Waals surface area contributed by atoms with Crippen LogP contribution in [0.15, 0.2) is 48.5 Å². The summed E-state index contributed by atoms with van der Waals surface area (Å²) < 4.78 is 0. The minimum absolute atomic E-state index is 0.148.